The minimum absolute atomic E-state index is 0.183. The lowest BCUT2D eigenvalue weighted by Crippen LogP contribution is -2.46. The van der Waals surface area contributed by atoms with E-state index in [2.05, 4.69) is 18.3 Å². The molecule has 0 radical (unpaired) electrons. The van der Waals surface area contributed by atoms with E-state index < -0.39 is 6.04 Å². The molecule has 1 rings (SSSR count). The molecule has 4 nitrogen and oxygen atoms in total. The van der Waals surface area contributed by atoms with E-state index in [1.54, 1.807) is 6.92 Å². The molecule has 0 aliphatic heterocycles. The Hall–Kier alpha value is -1.55. The summed E-state index contributed by atoms with van der Waals surface area (Å²) in [4.78, 5) is 12.0. The predicted octanol–water partition coefficient (Wildman–Crippen LogP) is 2.92. The number of carbonyl (C=O) groups excluding carboxylic acids is 1. The Morgan fingerprint density at radius 3 is 2.38 bits per heavy atom. The first-order chi connectivity index (χ1) is 9.86. The second-order valence-electron chi connectivity index (χ2n) is 5.59. The quantitative estimate of drug-likeness (QED) is 0.785. The van der Waals surface area contributed by atoms with Crippen molar-refractivity contribution in [3.8, 4) is 5.75 Å². The van der Waals surface area contributed by atoms with E-state index in [1.807, 2.05) is 33.8 Å². The van der Waals surface area contributed by atoms with Crippen molar-refractivity contribution < 1.29 is 14.3 Å². The highest BCUT2D eigenvalue weighted by molar-refractivity contribution is 5.76. The molecule has 0 aromatic heterocycles. The van der Waals surface area contributed by atoms with Gasteiger partial charge in [0.05, 0.1) is 6.61 Å². The van der Waals surface area contributed by atoms with Crippen LogP contribution in [0.4, 0.5) is 0 Å². The van der Waals surface area contributed by atoms with Gasteiger partial charge in [0.15, 0.2) is 0 Å². The number of carbonyl (C=O) groups is 1. The van der Waals surface area contributed by atoms with E-state index in [9.17, 15) is 4.79 Å². The van der Waals surface area contributed by atoms with Crippen LogP contribution in [0.25, 0.3) is 0 Å². The van der Waals surface area contributed by atoms with Crippen molar-refractivity contribution in [3.05, 3.63) is 28.8 Å². The molecule has 0 heterocycles. The lowest BCUT2D eigenvalue weighted by atomic mass is 10.1. The average molecular weight is 293 g/mol. The van der Waals surface area contributed by atoms with Crippen LogP contribution >= 0.6 is 0 Å². The molecule has 0 saturated carbocycles. The highest BCUT2D eigenvalue weighted by Gasteiger charge is 2.22. The number of benzene rings is 1. The van der Waals surface area contributed by atoms with Gasteiger partial charge < -0.3 is 9.47 Å². The zero-order valence-corrected chi connectivity index (χ0v) is 13.9. The normalized spacial score (nSPS) is 12.3. The lowest BCUT2D eigenvalue weighted by Gasteiger charge is -2.21. The maximum absolute atomic E-state index is 12.0. The molecule has 118 valence electrons. The summed E-state index contributed by atoms with van der Waals surface area (Å²) in [5, 5.41) is 3.19. The molecular formula is C17H27NO3. The van der Waals surface area contributed by atoms with E-state index >= 15 is 0 Å². The van der Waals surface area contributed by atoms with Crippen LogP contribution in [0.3, 0.4) is 0 Å². The van der Waals surface area contributed by atoms with Gasteiger partial charge in [0.1, 0.15) is 18.4 Å². The van der Waals surface area contributed by atoms with Crippen LogP contribution in [0.5, 0.6) is 5.75 Å². The van der Waals surface area contributed by atoms with Crippen LogP contribution in [-0.2, 0) is 9.53 Å². The molecule has 21 heavy (non-hydrogen) atoms. The number of rotatable bonds is 7. The molecule has 0 aliphatic rings. The first kappa shape index (κ1) is 17.5. The Morgan fingerprint density at radius 2 is 1.81 bits per heavy atom. The predicted molar refractivity (Wildman–Crippen MR) is 84.8 cm³/mol. The van der Waals surface area contributed by atoms with Crippen molar-refractivity contribution in [1.29, 1.82) is 0 Å². The standard InChI is InChI=1S/C17H27NO3/c1-7-20-17(19)15(18-11(2)3)10-21-16-13(5)9-8-12(4)14(16)6/h8-9,11,15,18H,7,10H2,1-6H3. The summed E-state index contributed by atoms with van der Waals surface area (Å²) in [7, 11) is 0. The van der Waals surface area contributed by atoms with E-state index in [4.69, 9.17) is 9.47 Å². The van der Waals surface area contributed by atoms with Crippen LogP contribution in [0.2, 0.25) is 0 Å². The molecule has 1 unspecified atom stereocenters. The Morgan fingerprint density at radius 1 is 1.19 bits per heavy atom. The Labute approximate surface area is 127 Å². The maximum Gasteiger partial charge on any atom is 0.326 e. The van der Waals surface area contributed by atoms with Crippen LogP contribution in [-0.4, -0.2) is 31.3 Å². The number of hydrogen-bond donors (Lipinski definition) is 1. The third-order valence-corrected chi connectivity index (χ3v) is 3.37. The van der Waals surface area contributed by atoms with E-state index in [0.717, 1.165) is 16.9 Å². The van der Waals surface area contributed by atoms with Gasteiger partial charge in [0.25, 0.3) is 0 Å². The smallest absolute Gasteiger partial charge is 0.326 e. The molecule has 0 saturated heterocycles. The maximum atomic E-state index is 12.0. The molecule has 0 fully saturated rings. The first-order valence-electron chi connectivity index (χ1n) is 7.49. The van der Waals surface area contributed by atoms with E-state index in [1.165, 1.54) is 5.56 Å². The number of aryl methyl sites for hydroxylation is 2. The summed E-state index contributed by atoms with van der Waals surface area (Å²) in [5.74, 6) is 0.587. The molecule has 1 aromatic carbocycles. The first-order valence-corrected chi connectivity index (χ1v) is 7.49. The van der Waals surface area contributed by atoms with E-state index in [0.29, 0.717) is 6.61 Å². The average Bonchev–Trinajstić information content (AvgIpc) is 2.41. The molecule has 0 amide bonds. The molecule has 0 bridgehead atoms. The van der Waals surface area contributed by atoms with Crippen LogP contribution in [0.1, 0.15) is 37.5 Å². The van der Waals surface area contributed by atoms with Gasteiger partial charge in [0.2, 0.25) is 0 Å². The van der Waals surface area contributed by atoms with Crippen LogP contribution < -0.4 is 10.1 Å². The molecule has 4 heteroatoms. The number of nitrogens with one attached hydrogen (secondary N) is 1. The summed E-state index contributed by atoms with van der Waals surface area (Å²) in [6, 6.07) is 3.84. The fourth-order valence-electron chi connectivity index (χ4n) is 2.14. The summed E-state index contributed by atoms with van der Waals surface area (Å²) < 4.78 is 11.0. The Balaban J connectivity index is 2.81. The van der Waals surface area contributed by atoms with Gasteiger partial charge >= 0.3 is 5.97 Å². The van der Waals surface area contributed by atoms with Crippen molar-refractivity contribution in [3.63, 3.8) is 0 Å². The SMILES string of the molecule is CCOC(=O)C(COc1c(C)ccc(C)c1C)NC(C)C. The summed E-state index contributed by atoms with van der Waals surface area (Å²) in [6.07, 6.45) is 0. The van der Waals surface area contributed by atoms with E-state index in [-0.39, 0.29) is 18.6 Å². The molecule has 0 aliphatic carbocycles. The van der Waals surface area contributed by atoms with Crippen molar-refractivity contribution >= 4 is 5.97 Å². The molecule has 1 atom stereocenters. The second-order valence-corrected chi connectivity index (χ2v) is 5.59. The summed E-state index contributed by atoms with van der Waals surface area (Å²) in [5.41, 5.74) is 3.37. The third-order valence-electron chi connectivity index (χ3n) is 3.37. The number of ether oxygens (including phenoxy) is 2. The third kappa shape index (κ3) is 5.05. The monoisotopic (exact) mass is 293 g/mol. The van der Waals surface area contributed by atoms with Crippen molar-refractivity contribution in [2.24, 2.45) is 0 Å². The van der Waals surface area contributed by atoms with Gasteiger partial charge in [-0.3, -0.25) is 10.1 Å². The van der Waals surface area contributed by atoms with Crippen molar-refractivity contribution in [2.75, 3.05) is 13.2 Å². The highest BCUT2D eigenvalue weighted by atomic mass is 16.5. The fourth-order valence-corrected chi connectivity index (χ4v) is 2.14. The second kappa shape index (κ2) is 8.03. The summed E-state index contributed by atoms with van der Waals surface area (Å²) in [6.45, 7) is 12.5. The molecule has 0 spiro atoms. The minimum Gasteiger partial charge on any atom is -0.491 e. The largest absolute Gasteiger partial charge is 0.491 e. The number of hydrogen-bond acceptors (Lipinski definition) is 4. The molecule has 1 N–H and O–H groups in total. The topological polar surface area (TPSA) is 47.6 Å². The van der Waals surface area contributed by atoms with Gasteiger partial charge in [-0.2, -0.15) is 0 Å². The Kier molecular flexibility index (Phi) is 6.69. The van der Waals surface area contributed by atoms with Crippen LogP contribution in [0.15, 0.2) is 12.1 Å². The van der Waals surface area contributed by atoms with Gasteiger partial charge in [-0.1, -0.05) is 26.0 Å². The Bertz CT molecular complexity index is 483. The van der Waals surface area contributed by atoms with Gasteiger partial charge in [-0.15, -0.1) is 0 Å². The highest BCUT2D eigenvalue weighted by Crippen LogP contribution is 2.25. The minimum atomic E-state index is -0.454. The zero-order valence-electron chi connectivity index (χ0n) is 13.9. The number of esters is 1. The lowest BCUT2D eigenvalue weighted by molar-refractivity contribution is -0.146. The van der Waals surface area contributed by atoms with Gasteiger partial charge in [-0.25, -0.2) is 0 Å². The summed E-state index contributed by atoms with van der Waals surface area (Å²) >= 11 is 0. The fraction of sp³-hybridized carbons (Fsp3) is 0.588. The van der Waals surface area contributed by atoms with Crippen molar-refractivity contribution in [2.45, 2.75) is 53.6 Å². The van der Waals surface area contributed by atoms with Gasteiger partial charge in [-0.05, 0) is 44.4 Å². The van der Waals surface area contributed by atoms with Gasteiger partial charge in [0, 0.05) is 6.04 Å². The van der Waals surface area contributed by atoms with Crippen LogP contribution in [0, 0.1) is 20.8 Å². The zero-order chi connectivity index (χ0) is 16.0. The molecule has 1 aromatic rings. The molecular weight excluding hydrogens is 266 g/mol. The van der Waals surface area contributed by atoms with Crippen molar-refractivity contribution in [1.82, 2.24) is 5.32 Å².